The van der Waals surface area contributed by atoms with Crippen LogP contribution in [0.1, 0.15) is 62.4 Å². The molecule has 0 spiro atoms. The SMILES string of the molecule is CN(Cc1ccccc1)C(=S)CCCc1nnnn1C1CCCCC1. The number of benzene rings is 1. The summed E-state index contributed by atoms with van der Waals surface area (Å²) in [5.41, 5.74) is 1.29. The van der Waals surface area contributed by atoms with Crippen LogP contribution in [0.25, 0.3) is 0 Å². The maximum Gasteiger partial charge on any atom is 0.151 e. The first-order chi connectivity index (χ1) is 12.2. The average molecular weight is 358 g/mol. The maximum absolute atomic E-state index is 5.60. The Morgan fingerprint density at radius 1 is 1.20 bits per heavy atom. The van der Waals surface area contributed by atoms with E-state index in [1.54, 1.807) is 0 Å². The molecule has 1 aliphatic carbocycles. The first-order valence-corrected chi connectivity index (χ1v) is 9.69. The molecule has 0 atom stereocenters. The summed E-state index contributed by atoms with van der Waals surface area (Å²) >= 11 is 5.60. The van der Waals surface area contributed by atoms with Crippen molar-refractivity contribution in [3.63, 3.8) is 0 Å². The Bertz CT molecular complexity index is 663. The molecule has 0 amide bonds. The second-order valence-electron chi connectivity index (χ2n) is 6.92. The molecule has 1 aromatic carbocycles. The van der Waals surface area contributed by atoms with Gasteiger partial charge < -0.3 is 4.90 Å². The Morgan fingerprint density at radius 2 is 1.96 bits per heavy atom. The van der Waals surface area contributed by atoms with E-state index in [9.17, 15) is 0 Å². The van der Waals surface area contributed by atoms with Crippen LogP contribution in [0.5, 0.6) is 0 Å². The lowest BCUT2D eigenvalue weighted by molar-refractivity contribution is 0.316. The normalized spacial score (nSPS) is 15.2. The van der Waals surface area contributed by atoms with Crippen molar-refractivity contribution >= 4 is 17.2 Å². The highest BCUT2D eigenvalue weighted by atomic mass is 32.1. The minimum absolute atomic E-state index is 0.492. The van der Waals surface area contributed by atoms with Gasteiger partial charge in [0.25, 0.3) is 0 Å². The summed E-state index contributed by atoms with van der Waals surface area (Å²) in [5.74, 6) is 1.01. The van der Waals surface area contributed by atoms with Gasteiger partial charge in [0.2, 0.25) is 0 Å². The fourth-order valence-electron chi connectivity index (χ4n) is 3.52. The van der Waals surface area contributed by atoms with Gasteiger partial charge in [0.1, 0.15) is 0 Å². The zero-order valence-electron chi connectivity index (χ0n) is 15.0. The second-order valence-corrected chi connectivity index (χ2v) is 7.39. The van der Waals surface area contributed by atoms with Gasteiger partial charge in [-0.05, 0) is 41.7 Å². The van der Waals surface area contributed by atoms with Crippen LogP contribution in [-0.4, -0.2) is 37.1 Å². The molecule has 1 aliphatic rings. The zero-order chi connectivity index (χ0) is 17.5. The Balaban J connectivity index is 1.46. The molecule has 1 saturated carbocycles. The molecule has 2 aromatic rings. The van der Waals surface area contributed by atoms with Gasteiger partial charge in [0, 0.05) is 20.0 Å². The first kappa shape index (κ1) is 18.0. The standard InChI is InChI=1S/C19H27N5S/c1-23(15-16-9-4-2-5-10-16)19(25)14-8-13-18-20-21-22-24(18)17-11-6-3-7-12-17/h2,4-5,9-10,17H,3,6-8,11-15H2,1H3. The molecule has 0 radical (unpaired) electrons. The van der Waals surface area contributed by atoms with Gasteiger partial charge in [-0.3, -0.25) is 0 Å². The predicted molar refractivity (Wildman–Crippen MR) is 103 cm³/mol. The number of hydrogen-bond acceptors (Lipinski definition) is 4. The number of aromatic nitrogens is 4. The van der Waals surface area contributed by atoms with Crippen molar-refractivity contribution in [2.24, 2.45) is 0 Å². The van der Waals surface area contributed by atoms with Gasteiger partial charge in [-0.15, -0.1) is 5.10 Å². The molecular formula is C19H27N5S. The van der Waals surface area contributed by atoms with Crippen LogP contribution in [0.4, 0.5) is 0 Å². The Morgan fingerprint density at radius 3 is 2.72 bits per heavy atom. The lowest BCUT2D eigenvalue weighted by Gasteiger charge is -2.22. The first-order valence-electron chi connectivity index (χ1n) is 9.28. The maximum atomic E-state index is 5.60. The molecule has 0 N–H and O–H groups in total. The molecule has 5 nitrogen and oxygen atoms in total. The fourth-order valence-corrected chi connectivity index (χ4v) is 3.73. The van der Waals surface area contributed by atoms with E-state index in [4.69, 9.17) is 12.2 Å². The summed E-state index contributed by atoms with van der Waals surface area (Å²) in [6.45, 7) is 0.861. The van der Waals surface area contributed by atoms with Crippen LogP contribution < -0.4 is 0 Å². The number of nitrogens with zero attached hydrogens (tertiary/aromatic N) is 5. The van der Waals surface area contributed by atoms with Crippen molar-refractivity contribution in [1.29, 1.82) is 0 Å². The third-order valence-corrected chi connectivity index (χ3v) is 5.48. The van der Waals surface area contributed by atoms with E-state index in [-0.39, 0.29) is 0 Å². The van der Waals surface area contributed by atoms with Crippen LogP contribution in [0.15, 0.2) is 30.3 Å². The lowest BCUT2D eigenvalue weighted by Crippen LogP contribution is -2.24. The van der Waals surface area contributed by atoms with Crippen molar-refractivity contribution in [1.82, 2.24) is 25.1 Å². The van der Waals surface area contributed by atoms with Crippen molar-refractivity contribution in [2.75, 3.05) is 7.05 Å². The number of rotatable bonds is 7. The Labute approximate surface area is 155 Å². The summed E-state index contributed by atoms with van der Waals surface area (Å²) in [5, 5.41) is 12.4. The van der Waals surface area contributed by atoms with Crippen LogP contribution in [0, 0.1) is 0 Å². The van der Waals surface area contributed by atoms with Crippen LogP contribution in [0.3, 0.4) is 0 Å². The molecular weight excluding hydrogens is 330 g/mol. The van der Waals surface area contributed by atoms with E-state index in [1.165, 1.54) is 37.7 Å². The minimum Gasteiger partial charge on any atom is -0.365 e. The third-order valence-electron chi connectivity index (χ3n) is 4.96. The van der Waals surface area contributed by atoms with E-state index in [1.807, 2.05) is 6.07 Å². The second kappa shape index (κ2) is 9.04. The van der Waals surface area contributed by atoms with Gasteiger partial charge >= 0.3 is 0 Å². The van der Waals surface area contributed by atoms with Crippen LogP contribution in [0.2, 0.25) is 0 Å². The summed E-state index contributed by atoms with van der Waals surface area (Å²) in [4.78, 5) is 3.16. The van der Waals surface area contributed by atoms with Gasteiger partial charge in [-0.2, -0.15) is 0 Å². The monoisotopic (exact) mass is 357 g/mol. The Kier molecular flexibility index (Phi) is 6.50. The van der Waals surface area contributed by atoms with E-state index in [2.05, 4.69) is 56.4 Å². The van der Waals surface area contributed by atoms with Gasteiger partial charge in [-0.25, -0.2) is 4.68 Å². The lowest BCUT2D eigenvalue weighted by atomic mass is 9.95. The molecule has 6 heteroatoms. The number of hydrogen-bond donors (Lipinski definition) is 0. The van der Waals surface area contributed by atoms with Gasteiger partial charge in [-0.1, -0.05) is 61.8 Å². The number of aryl methyl sites for hydroxylation is 1. The molecule has 0 aliphatic heterocycles. The van der Waals surface area contributed by atoms with Gasteiger partial charge in [0.15, 0.2) is 5.82 Å². The molecule has 1 aromatic heterocycles. The quantitative estimate of drug-likeness (QED) is 0.702. The molecule has 25 heavy (non-hydrogen) atoms. The van der Waals surface area contributed by atoms with Gasteiger partial charge in [0.05, 0.1) is 11.0 Å². The van der Waals surface area contributed by atoms with Crippen molar-refractivity contribution in [3.8, 4) is 0 Å². The van der Waals surface area contributed by atoms with E-state index in [0.29, 0.717) is 6.04 Å². The summed E-state index contributed by atoms with van der Waals surface area (Å²) in [6.07, 6.45) is 9.11. The zero-order valence-corrected chi connectivity index (χ0v) is 15.8. The predicted octanol–water partition coefficient (Wildman–Crippen LogP) is 3.96. The van der Waals surface area contributed by atoms with Crippen molar-refractivity contribution in [2.45, 2.75) is 64.0 Å². The summed E-state index contributed by atoms with van der Waals surface area (Å²) < 4.78 is 2.07. The number of thiocarbonyl (C=S) groups is 1. The van der Waals surface area contributed by atoms with Crippen molar-refractivity contribution < 1.29 is 0 Å². The highest BCUT2D eigenvalue weighted by Crippen LogP contribution is 2.28. The van der Waals surface area contributed by atoms with Crippen LogP contribution in [-0.2, 0) is 13.0 Å². The molecule has 0 saturated heterocycles. The number of tetrazole rings is 1. The molecule has 3 rings (SSSR count). The highest BCUT2D eigenvalue weighted by Gasteiger charge is 2.19. The average Bonchev–Trinajstić information content (AvgIpc) is 3.11. The van der Waals surface area contributed by atoms with Crippen molar-refractivity contribution in [3.05, 3.63) is 41.7 Å². The van der Waals surface area contributed by atoms with E-state index in [0.717, 1.165) is 36.6 Å². The molecule has 1 heterocycles. The third kappa shape index (κ3) is 5.08. The topological polar surface area (TPSA) is 46.8 Å². The molecule has 0 bridgehead atoms. The van der Waals surface area contributed by atoms with Crippen LogP contribution >= 0.6 is 12.2 Å². The summed E-state index contributed by atoms with van der Waals surface area (Å²) in [7, 11) is 2.07. The summed E-state index contributed by atoms with van der Waals surface area (Å²) in [6, 6.07) is 10.9. The molecule has 1 fully saturated rings. The minimum atomic E-state index is 0.492. The van der Waals surface area contributed by atoms with E-state index >= 15 is 0 Å². The highest BCUT2D eigenvalue weighted by molar-refractivity contribution is 7.80. The largest absolute Gasteiger partial charge is 0.365 e. The molecule has 0 unspecified atom stereocenters. The fraction of sp³-hybridized carbons (Fsp3) is 0.579. The Hall–Kier alpha value is -1.82. The smallest absolute Gasteiger partial charge is 0.151 e. The molecule has 134 valence electrons. The van der Waals surface area contributed by atoms with E-state index < -0.39 is 0 Å².